The second-order valence-electron chi connectivity index (χ2n) is 5.84. The summed E-state index contributed by atoms with van der Waals surface area (Å²) in [5, 5.41) is 8.11. The molecule has 3 nitrogen and oxygen atoms in total. The van der Waals surface area contributed by atoms with E-state index in [1.807, 2.05) is 42.6 Å². The van der Waals surface area contributed by atoms with Gasteiger partial charge in [-0.05, 0) is 49.4 Å². The highest BCUT2D eigenvalue weighted by Gasteiger charge is 2.25. The SMILES string of the molecule is Cc1ccc2nc(-c3ccsc3)cc(C(=O)NC3CC3)c2c1. The average Bonchev–Trinajstić information content (AvgIpc) is 3.15. The van der Waals surface area contributed by atoms with Crippen molar-refractivity contribution in [3.63, 3.8) is 0 Å². The topological polar surface area (TPSA) is 42.0 Å². The molecule has 3 aromatic rings. The molecular weight excluding hydrogens is 292 g/mol. The first kappa shape index (κ1) is 13.5. The Kier molecular flexibility index (Phi) is 3.19. The minimum absolute atomic E-state index is 0.0111. The number of hydrogen-bond donors (Lipinski definition) is 1. The molecule has 1 saturated carbocycles. The molecule has 0 bridgehead atoms. The molecule has 0 saturated heterocycles. The normalized spacial score (nSPS) is 14.2. The first-order chi connectivity index (χ1) is 10.7. The Morgan fingerprint density at radius 1 is 1.27 bits per heavy atom. The van der Waals surface area contributed by atoms with Gasteiger partial charge in [-0.3, -0.25) is 4.79 Å². The minimum Gasteiger partial charge on any atom is -0.349 e. The highest BCUT2D eigenvalue weighted by atomic mass is 32.1. The van der Waals surface area contributed by atoms with Crippen molar-refractivity contribution in [3.05, 3.63) is 52.2 Å². The summed E-state index contributed by atoms with van der Waals surface area (Å²) in [7, 11) is 0. The Balaban J connectivity index is 1.89. The number of benzene rings is 1. The molecule has 0 atom stereocenters. The third-order valence-corrected chi connectivity index (χ3v) is 4.62. The van der Waals surface area contributed by atoms with E-state index in [1.54, 1.807) is 11.3 Å². The van der Waals surface area contributed by atoms with Crippen LogP contribution in [0.25, 0.3) is 22.2 Å². The lowest BCUT2D eigenvalue weighted by Crippen LogP contribution is -2.25. The number of thiophene rings is 1. The standard InChI is InChI=1S/C18H16N2OS/c1-11-2-5-16-14(8-11)15(18(21)19-13-3-4-13)9-17(20-16)12-6-7-22-10-12/h2,5-10,13H,3-4H2,1H3,(H,19,21). The third-order valence-electron chi connectivity index (χ3n) is 3.94. The van der Waals surface area contributed by atoms with E-state index in [-0.39, 0.29) is 5.91 Å². The lowest BCUT2D eigenvalue weighted by molar-refractivity contribution is 0.0952. The van der Waals surface area contributed by atoms with Gasteiger partial charge in [0, 0.05) is 22.4 Å². The van der Waals surface area contributed by atoms with E-state index in [9.17, 15) is 4.79 Å². The van der Waals surface area contributed by atoms with Gasteiger partial charge in [-0.25, -0.2) is 4.98 Å². The van der Waals surface area contributed by atoms with Crippen molar-refractivity contribution in [1.82, 2.24) is 10.3 Å². The highest BCUT2D eigenvalue weighted by Crippen LogP contribution is 2.28. The number of fused-ring (bicyclic) bond motifs is 1. The van der Waals surface area contributed by atoms with Crippen molar-refractivity contribution >= 4 is 28.1 Å². The van der Waals surface area contributed by atoms with Crippen molar-refractivity contribution in [2.45, 2.75) is 25.8 Å². The van der Waals surface area contributed by atoms with Crippen molar-refractivity contribution in [2.75, 3.05) is 0 Å². The van der Waals surface area contributed by atoms with E-state index < -0.39 is 0 Å². The summed E-state index contributed by atoms with van der Waals surface area (Å²) in [6.07, 6.45) is 2.18. The fourth-order valence-electron chi connectivity index (χ4n) is 2.58. The molecule has 0 aliphatic heterocycles. The van der Waals surface area contributed by atoms with Crippen LogP contribution in [0.3, 0.4) is 0 Å². The second-order valence-corrected chi connectivity index (χ2v) is 6.62. The largest absolute Gasteiger partial charge is 0.349 e. The van der Waals surface area contributed by atoms with Gasteiger partial charge in [0.05, 0.1) is 16.8 Å². The smallest absolute Gasteiger partial charge is 0.252 e. The molecule has 22 heavy (non-hydrogen) atoms. The van der Waals surface area contributed by atoms with Crippen LogP contribution in [-0.4, -0.2) is 16.9 Å². The molecule has 1 aliphatic carbocycles. The molecule has 0 unspecified atom stereocenters. The quantitative estimate of drug-likeness (QED) is 0.789. The number of aromatic nitrogens is 1. The molecule has 1 fully saturated rings. The monoisotopic (exact) mass is 308 g/mol. The van der Waals surface area contributed by atoms with Crippen LogP contribution in [0.15, 0.2) is 41.1 Å². The summed E-state index contributed by atoms with van der Waals surface area (Å²) in [4.78, 5) is 17.3. The van der Waals surface area contributed by atoms with Gasteiger partial charge >= 0.3 is 0 Å². The van der Waals surface area contributed by atoms with Crippen LogP contribution in [0.4, 0.5) is 0 Å². The van der Waals surface area contributed by atoms with Crippen LogP contribution in [-0.2, 0) is 0 Å². The summed E-state index contributed by atoms with van der Waals surface area (Å²) in [5.74, 6) is 0.0111. The molecular formula is C18H16N2OS. The molecule has 2 heterocycles. The third kappa shape index (κ3) is 2.50. The first-order valence-electron chi connectivity index (χ1n) is 7.45. The van der Waals surface area contributed by atoms with Crippen molar-refractivity contribution < 1.29 is 4.79 Å². The van der Waals surface area contributed by atoms with Crippen LogP contribution in [0, 0.1) is 6.92 Å². The van der Waals surface area contributed by atoms with Gasteiger partial charge in [-0.1, -0.05) is 11.6 Å². The maximum absolute atomic E-state index is 12.6. The molecule has 0 spiro atoms. The zero-order valence-electron chi connectivity index (χ0n) is 12.3. The number of rotatable bonds is 3. The molecule has 1 amide bonds. The Labute approximate surface area is 133 Å². The van der Waals surface area contributed by atoms with E-state index in [2.05, 4.69) is 10.7 Å². The van der Waals surface area contributed by atoms with Crippen LogP contribution >= 0.6 is 11.3 Å². The number of aryl methyl sites for hydroxylation is 1. The summed E-state index contributed by atoms with van der Waals surface area (Å²) < 4.78 is 0. The van der Waals surface area contributed by atoms with E-state index in [4.69, 9.17) is 4.98 Å². The molecule has 1 N–H and O–H groups in total. The maximum Gasteiger partial charge on any atom is 0.252 e. The highest BCUT2D eigenvalue weighted by molar-refractivity contribution is 7.08. The summed E-state index contributed by atoms with van der Waals surface area (Å²) in [6, 6.07) is 10.4. The van der Waals surface area contributed by atoms with Gasteiger partial charge in [0.2, 0.25) is 0 Å². The summed E-state index contributed by atoms with van der Waals surface area (Å²) in [5.41, 5.74) is 4.65. The van der Waals surface area contributed by atoms with Crippen molar-refractivity contribution in [1.29, 1.82) is 0 Å². The van der Waals surface area contributed by atoms with E-state index in [1.165, 1.54) is 0 Å². The molecule has 2 aromatic heterocycles. The number of nitrogens with one attached hydrogen (secondary N) is 1. The fourth-order valence-corrected chi connectivity index (χ4v) is 3.23. The number of pyridine rings is 1. The predicted octanol–water partition coefficient (Wildman–Crippen LogP) is 4.16. The van der Waals surface area contributed by atoms with Crippen molar-refractivity contribution in [2.24, 2.45) is 0 Å². The van der Waals surface area contributed by atoms with Crippen LogP contribution in [0.2, 0.25) is 0 Å². The van der Waals surface area contributed by atoms with Crippen molar-refractivity contribution in [3.8, 4) is 11.3 Å². The Hall–Kier alpha value is -2.20. The summed E-state index contributed by atoms with van der Waals surface area (Å²) >= 11 is 1.64. The lowest BCUT2D eigenvalue weighted by atomic mass is 10.0. The lowest BCUT2D eigenvalue weighted by Gasteiger charge is -2.10. The average molecular weight is 308 g/mol. The molecule has 0 radical (unpaired) electrons. The number of carbonyl (C=O) groups excluding carboxylic acids is 1. The molecule has 4 rings (SSSR count). The second kappa shape index (κ2) is 5.21. The fraction of sp³-hybridized carbons (Fsp3) is 0.222. The van der Waals surface area contributed by atoms with Gasteiger partial charge in [-0.2, -0.15) is 11.3 Å². The summed E-state index contributed by atoms with van der Waals surface area (Å²) in [6.45, 7) is 2.04. The Bertz CT molecular complexity index is 851. The number of nitrogens with zero attached hydrogens (tertiary/aromatic N) is 1. The number of hydrogen-bond acceptors (Lipinski definition) is 3. The van der Waals surface area contributed by atoms with Gasteiger partial charge in [0.1, 0.15) is 0 Å². The van der Waals surface area contributed by atoms with Crippen LogP contribution < -0.4 is 5.32 Å². The number of carbonyl (C=O) groups is 1. The predicted molar refractivity (Wildman–Crippen MR) is 90.3 cm³/mol. The minimum atomic E-state index is 0.0111. The van der Waals surface area contributed by atoms with Gasteiger partial charge in [-0.15, -0.1) is 0 Å². The van der Waals surface area contributed by atoms with Crippen LogP contribution in [0.1, 0.15) is 28.8 Å². The Morgan fingerprint density at radius 2 is 2.14 bits per heavy atom. The van der Waals surface area contributed by atoms with E-state index in [0.29, 0.717) is 6.04 Å². The number of amides is 1. The molecule has 1 aromatic carbocycles. The molecule has 1 aliphatic rings. The van der Waals surface area contributed by atoms with E-state index in [0.717, 1.165) is 46.1 Å². The van der Waals surface area contributed by atoms with Crippen LogP contribution in [0.5, 0.6) is 0 Å². The molecule has 4 heteroatoms. The first-order valence-corrected chi connectivity index (χ1v) is 8.40. The van der Waals surface area contributed by atoms with Gasteiger partial charge in [0.25, 0.3) is 5.91 Å². The molecule has 110 valence electrons. The zero-order chi connectivity index (χ0) is 15.1. The zero-order valence-corrected chi connectivity index (χ0v) is 13.1. The van der Waals surface area contributed by atoms with Gasteiger partial charge in [0.15, 0.2) is 0 Å². The van der Waals surface area contributed by atoms with Gasteiger partial charge < -0.3 is 5.32 Å². The maximum atomic E-state index is 12.6. The Morgan fingerprint density at radius 3 is 2.86 bits per heavy atom. The van der Waals surface area contributed by atoms with E-state index >= 15 is 0 Å².